The van der Waals surface area contributed by atoms with Crippen LogP contribution in [0.1, 0.15) is 348 Å². The van der Waals surface area contributed by atoms with Crippen molar-refractivity contribution in [3.8, 4) is 0 Å². The molecule has 0 bridgehead atoms. The maximum Gasteiger partial charge on any atom is 0.306 e. The summed E-state index contributed by atoms with van der Waals surface area (Å²) >= 11 is 0. The van der Waals surface area contributed by atoms with Crippen LogP contribution in [0.25, 0.3) is 0 Å². The Bertz CT molecular complexity index is 1290. The van der Waals surface area contributed by atoms with Crippen LogP contribution in [-0.4, -0.2) is 70.0 Å². The highest BCUT2D eigenvalue weighted by Crippen LogP contribution is 2.38. The van der Waals surface area contributed by atoms with Crippen molar-refractivity contribution in [2.45, 2.75) is 354 Å². The summed E-state index contributed by atoms with van der Waals surface area (Å²) in [6.07, 6.45) is 70.3. The highest BCUT2D eigenvalue weighted by Gasteiger charge is 2.22. The van der Waals surface area contributed by atoms with Crippen molar-refractivity contribution in [2.75, 3.05) is 47.5 Å². The molecule has 0 N–H and O–H groups in total. The van der Waals surface area contributed by atoms with E-state index in [1.807, 2.05) is 21.1 Å². The predicted octanol–water partition coefficient (Wildman–Crippen LogP) is 20.5. The van der Waals surface area contributed by atoms with Crippen LogP contribution in [0.15, 0.2) is 12.2 Å². The summed E-state index contributed by atoms with van der Waals surface area (Å²) in [4.78, 5) is 37.8. The van der Waals surface area contributed by atoms with Crippen molar-refractivity contribution >= 4 is 19.8 Å². The van der Waals surface area contributed by atoms with E-state index in [2.05, 4.69) is 26.0 Å². The fraction of sp³-hybridized carbons (Fsp3) is 0.939. The number of ether oxygens (including phenoxy) is 2. The van der Waals surface area contributed by atoms with E-state index in [9.17, 15) is 19.0 Å². The number of nitrogens with zero attached hydrogens (tertiary/aromatic N) is 1. The first-order chi connectivity index (χ1) is 37.0. The Morgan fingerprint density at radius 2 is 0.671 bits per heavy atom. The zero-order chi connectivity index (χ0) is 55.6. The Balaban J connectivity index is 3.83. The van der Waals surface area contributed by atoms with Crippen LogP contribution in [0.3, 0.4) is 0 Å². The number of phosphoric acid groups is 1. The van der Waals surface area contributed by atoms with Gasteiger partial charge >= 0.3 is 11.9 Å². The average molecular weight is 1100 g/mol. The number of quaternary nitrogens is 1. The fourth-order valence-corrected chi connectivity index (χ4v) is 10.9. The molecule has 0 rings (SSSR count). The van der Waals surface area contributed by atoms with Crippen molar-refractivity contribution in [3.63, 3.8) is 0 Å². The minimum absolute atomic E-state index is 0.0288. The van der Waals surface area contributed by atoms with Gasteiger partial charge in [-0.25, -0.2) is 0 Å². The third-order valence-corrected chi connectivity index (χ3v) is 16.2. The van der Waals surface area contributed by atoms with Crippen molar-refractivity contribution in [1.82, 2.24) is 0 Å². The smallest absolute Gasteiger partial charge is 0.306 e. The van der Waals surface area contributed by atoms with Gasteiger partial charge in [-0.2, -0.15) is 0 Å². The second kappa shape index (κ2) is 58.4. The van der Waals surface area contributed by atoms with Crippen molar-refractivity contribution in [3.05, 3.63) is 12.2 Å². The molecule has 0 fully saturated rings. The number of unbranched alkanes of at least 4 members (excludes halogenated alkanes) is 47. The summed E-state index contributed by atoms with van der Waals surface area (Å²) in [5.74, 6) is -0.825. The van der Waals surface area contributed by atoms with E-state index >= 15 is 0 Å². The molecule has 0 aromatic carbocycles. The zero-order valence-electron chi connectivity index (χ0n) is 51.5. The first-order valence-corrected chi connectivity index (χ1v) is 34.9. The third-order valence-electron chi connectivity index (χ3n) is 15.3. The van der Waals surface area contributed by atoms with Gasteiger partial charge in [0.15, 0.2) is 6.10 Å². The van der Waals surface area contributed by atoms with Crippen LogP contribution in [0.4, 0.5) is 0 Å². The van der Waals surface area contributed by atoms with Crippen molar-refractivity contribution in [1.29, 1.82) is 0 Å². The lowest BCUT2D eigenvalue weighted by Gasteiger charge is -2.28. The molecule has 0 saturated carbocycles. The Morgan fingerprint density at radius 3 is 0.974 bits per heavy atom. The highest BCUT2D eigenvalue weighted by atomic mass is 31.2. The summed E-state index contributed by atoms with van der Waals surface area (Å²) in [7, 11) is 1.18. The Morgan fingerprint density at radius 1 is 0.395 bits per heavy atom. The molecular formula is C66H130NO8P. The standard InChI is InChI=1S/C66H130NO8P/c1-6-8-10-12-14-16-18-20-22-23-24-25-26-27-28-29-30-31-32-33-34-35-36-37-38-39-40-41-42-43-44-45-47-48-50-52-54-56-58-65(68)72-62-64(63-74-76(70,71)73-61-60-67(3,4)5)75-66(69)59-57-55-53-51-49-46-21-19-17-15-13-11-9-7-2/h19,21,64H,6-18,20,22-63H2,1-5H3/b21-19-. The molecule has 0 radical (unpaired) electrons. The Labute approximate surface area is 473 Å². The number of allylic oxidation sites excluding steroid dienone is 2. The normalized spacial score (nSPS) is 13.2. The van der Waals surface area contributed by atoms with Gasteiger partial charge in [0.05, 0.1) is 27.7 Å². The number of esters is 2. The predicted molar refractivity (Wildman–Crippen MR) is 324 cm³/mol. The molecule has 10 heteroatoms. The Kier molecular flexibility index (Phi) is 57.4. The Hall–Kier alpha value is -1.25. The van der Waals surface area contributed by atoms with Gasteiger partial charge in [0.2, 0.25) is 0 Å². The van der Waals surface area contributed by atoms with Crippen molar-refractivity contribution < 1.29 is 42.1 Å². The second-order valence-corrected chi connectivity index (χ2v) is 25.6. The maximum atomic E-state index is 12.8. The summed E-state index contributed by atoms with van der Waals surface area (Å²) in [6, 6.07) is 0. The number of phosphoric ester groups is 1. The molecule has 0 aliphatic rings. The minimum atomic E-state index is -4.63. The number of rotatable bonds is 63. The number of hydrogen-bond donors (Lipinski definition) is 0. The van der Waals surface area contributed by atoms with E-state index in [0.717, 1.165) is 51.4 Å². The molecule has 0 amide bonds. The average Bonchev–Trinajstić information content (AvgIpc) is 3.38. The van der Waals surface area contributed by atoms with Gasteiger partial charge in [0.1, 0.15) is 19.8 Å². The molecule has 0 spiro atoms. The van der Waals surface area contributed by atoms with E-state index in [4.69, 9.17) is 18.5 Å². The largest absolute Gasteiger partial charge is 0.756 e. The van der Waals surface area contributed by atoms with Gasteiger partial charge in [-0.3, -0.25) is 14.2 Å². The monoisotopic (exact) mass is 1100 g/mol. The lowest BCUT2D eigenvalue weighted by atomic mass is 10.0. The lowest BCUT2D eigenvalue weighted by molar-refractivity contribution is -0.870. The van der Waals surface area contributed by atoms with E-state index in [-0.39, 0.29) is 32.0 Å². The number of carbonyl (C=O) groups excluding carboxylic acids is 2. The number of likely N-dealkylation sites (N-methyl/N-ethyl adjacent to an activating group) is 1. The van der Waals surface area contributed by atoms with Crippen molar-refractivity contribution in [2.24, 2.45) is 0 Å². The molecule has 2 unspecified atom stereocenters. The van der Waals surface area contributed by atoms with E-state index in [0.29, 0.717) is 17.4 Å². The van der Waals surface area contributed by atoms with Crippen LogP contribution in [0.2, 0.25) is 0 Å². The van der Waals surface area contributed by atoms with Crippen LogP contribution < -0.4 is 4.89 Å². The quantitative estimate of drug-likeness (QED) is 0.0195. The fourth-order valence-electron chi connectivity index (χ4n) is 10.1. The molecule has 9 nitrogen and oxygen atoms in total. The van der Waals surface area contributed by atoms with E-state index < -0.39 is 26.5 Å². The summed E-state index contributed by atoms with van der Waals surface area (Å²) in [5.41, 5.74) is 0. The maximum absolute atomic E-state index is 12.8. The van der Waals surface area contributed by atoms with E-state index in [1.165, 1.54) is 263 Å². The molecule has 76 heavy (non-hydrogen) atoms. The number of carbonyl (C=O) groups is 2. The molecule has 0 aliphatic carbocycles. The first kappa shape index (κ1) is 74.8. The van der Waals surface area contributed by atoms with Gasteiger partial charge in [-0.05, 0) is 38.5 Å². The summed E-state index contributed by atoms with van der Waals surface area (Å²) in [6.45, 7) is 4.28. The minimum Gasteiger partial charge on any atom is -0.756 e. The molecule has 452 valence electrons. The summed E-state index contributed by atoms with van der Waals surface area (Å²) in [5, 5.41) is 0. The molecule has 2 atom stereocenters. The van der Waals surface area contributed by atoms with Crippen LogP contribution in [-0.2, 0) is 32.7 Å². The van der Waals surface area contributed by atoms with Gasteiger partial charge in [0.25, 0.3) is 7.82 Å². The SMILES string of the molecule is CCCCCCC/C=C\CCCCCCCC(=O)OC(COC(=O)CCCCCCCCCCCCCCCCCCCCCCCCCCCCCCCCCCCCCCCC)COP(=O)([O-])OCC[N+](C)(C)C. The molecular weight excluding hydrogens is 966 g/mol. The third kappa shape index (κ3) is 62.0. The topological polar surface area (TPSA) is 111 Å². The molecule has 0 aromatic heterocycles. The highest BCUT2D eigenvalue weighted by molar-refractivity contribution is 7.45. The van der Waals surface area contributed by atoms with Gasteiger partial charge in [-0.1, -0.05) is 309 Å². The lowest BCUT2D eigenvalue weighted by Crippen LogP contribution is -2.37. The first-order valence-electron chi connectivity index (χ1n) is 33.4. The van der Waals surface area contributed by atoms with E-state index in [1.54, 1.807) is 0 Å². The second-order valence-electron chi connectivity index (χ2n) is 24.2. The number of hydrogen-bond acceptors (Lipinski definition) is 8. The van der Waals surface area contributed by atoms with Crippen LogP contribution in [0.5, 0.6) is 0 Å². The summed E-state index contributed by atoms with van der Waals surface area (Å²) < 4.78 is 34.2. The van der Waals surface area contributed by atoms with Crippen LogP contribution in [0, 0.1) is 0 Å². The molecule has 0 heterocycles. The molecule has 0 aliphatic heterocycles. The molecule has 0 aromatic rings. The van der Waals surface area contributed by atoms with Gasteiger partial charge in [0, 0.05) is 12.8 Å². The van der Waals surface area contributed by atoms with Gasteiger partial charge in [-0.15, -0.1) is 0 Å². The molecule has 0 saturated heterocycles. The zero-order valence-corrected chi connectivity index (χ0v) is 52.4. The van der Waals surface area contributed by atoms with Gasteiger partial charge < -0.3 is 27.9 Å². The van der Waals surface area contributed by atoms with Crippen LogP contribution >= 0.6 is 7.82 Å².